The largest absolute Gasteiger partial charge is 0.281 e. The Hall–Kier alpha value is -1.46. The molecule has 0 atom stereocenters. The van der Waals surface area contributed by atoms with E-state index in [-0.39, 0.29) is 5.82 Å². The summed E-state index contributed by atoms with van der Waals surface area (Å²) in [4.78, 5) is 0. The average molecular weight is 262 g/mol. The van der Waals surface area contributed by atoms with Gasteiger partial charge < -0.3 is 0 Å². The number of halogens is 1. The Bertz CT molecular complexity index is 558. The van der Waals surface area contributed by atoms with Crippen molar-refractivity contribution in [1.29, 1.82) is 0 Å². The Morgan fingerprint density at radius 3 is 2.95 bits per heavy atom. The first-order chi connectivity index (χ1) is 9.28. The molecule has 0 radical (unpaired) electrons. The van der Waals surface area contributed by atoms with E-state index in [1.165, 1.54) is 12.1 Å². The molecule has 3 rings (SSSR count). The fraction of sp³-hybridized carbons (Fsp3) is 0.500. The predicted octanol–water partition coefficient (Wildman–Crippen LogP) is 2.41. The van der Waals surface area contributed by atoms with Gasteiger partial charge in [-0.15, -0.1) is 0 Å². The molecule has 2 N–H and O–H groups in total. The maximum Gasteiger partial charge on any atom is 0.125 e. The van der Waals surface area contributed by atoms with E-state index >= 15 is 0 Å². The number of H-pyrrole nitrogens is 1. The maximum atomic E-state index is 13.2. The van der Waals surface area contributed by atoms with Crippen molar-refractivity contribution in [3.05, 3.63) is 29.7 Å². The van der Waals surface area contributed by atoms with Crippen LogP contribution in [0.5, 0.6) is 0 Å². The molecule has 102 valence electrons. The summed E-state index contributed by atoms with van der Waals surface area (Å²) < 4.78 is 13.2. The van der Waals surface area contributed by atoms with Gasteiger partial charge in [-0.25, -0.2) is 9.40 Å². The van der Waals surface area contributed by atoms with Crippen molar-refractivity contribution in [1.82, 2.24) is 20.6 Å². The van der Waals surface area contributed by atoms with E-state index in [1.54, 1.807) is 0 Å². The predicted molar refractivity (Wildman–Crippen MR) is 73.3 cm³/mol. The van der Waals surface area contributed by atoms with Crippen LogP contribution in [0.1, 0.15) is 31.4 Å². The monoisotopic (exact) mass is 262 g/mol. The molecule has 1 aromatic heterocycles. The van der Waals surface area contributed by atoms with Crippen LogP contribution in [0, 0.1) is 5.82 Å². The zero-order chi connectivity index (χ0) is 13.2. The summed E-state index contributed by atoms with van der Waals surface area (Å²) in [6.45, 7) is 5.17. The summed E-state index contributed by atoms with van der Waals surface area (Å²) in [7, 11) is 0. The van der Waals surface area contributed by atoms with Gasteiger partial charge in [0.15, 0.2) is 0 Å². The molecule has 5 heteroatoms. The van der Waals surface area contributed by atoms with Crippen LogP contribution in [0.2, 0.25) is 0 Å². The lowest BCUT2D eigenvalue weighted by molar-refractivity contribution is 0.146. The number of aromatic nitrogens is 2. The van der Waals surface area contributed by atoms with Crippen LogP contribution < -0.4 is 5.43 Å². The van der Waals surface area contributed by atoms with E-state index < -0.39 is 0 Å². The Labute approximate surface area is 112 Å². The molecule has 0 saturated carbocycles. The summed E-state index contributed by atoms with van der Waals surface area (Å²) in [5.41, 5.74) is 5.24. The zero-order valence-corrected chi connectivity index (χ0v) is 11.1. The maximum absolute atomic E-state index is 13.2. The number of hydrogen-bond donors (Lipinski definition) is 2. The molecule has 0 spiro atoms. The second kappa shape index (κ2) is 5.27. The third-order valence-electron chi connectivity index (χ3n) is 3.83. The summed E-state index contributed by atoms with van der Waals surface area (Å²) in [6, 6.07) is 4.83. The van der Waals surface area contributed by atoms with Crippen LogP contribution in [-0.4, -0.2) is 34.8 Å². The minimum absolute atomic E-state index is 0.229. The summed E-state index contributed by atoms with van der Waals surface area (Å²) in [5, 5.41) is 10.6. The molecule has 1 aliphatic rings. The molecular weight excluding hydrogens is 243 g/mol. The molecule has 1 aromatic carbocycles. The highest BCUT2D eigenvalue weighted by molar-refractivity contribution is 5.81. The number of hydrazine groups is 1. The number of piperidine rings is 1. The van der Waals surface area contributed by atoms with E-state index in [4.69, 9.17) is 0 Å². The van der Waals surface area contributed by atoms with Gasteiger partial charge in [-0.3, -0.25) is 10.5 Å². The minimum Gasteiger partial charge on any atom is -0.281 e. The van der Waals surface area contributed by atoms with Gasteiger partial charge >= 0.3 is 0 Å². The molecule has 1 saturated heterocycles. The van der Waals surface area contributed by atoms with Crippen LogP contribution in [0.4, 0.5) is 4.39 Å². The SMILES string of the molecule is CCNN1CCC(c2[nH]nc3cc(F)ccc23)CC1. The fourth-order valence-corrected chi connectivity index (χ4v) is 2.87. The first-order valence-electron chi connectivity index (χ1n) is 6.90. The number of nitrogens with zero attached hydrogens (tertiary/aromatic N) is 2. The minimum atomic E-state index is -0.229. The van der Waals surface area contributed by atoms with Crippen LogP contribution in [0.15, 0.2) is 18.2 Å². The van der Waals surface area contributed by atoms with Crippen molar-refractivity contribution in [2.24, 2.45) is 0 Å². The zero-order valence-electron chi connectivity index (χ0n) is 11.1. The van der Waals surface area contributed by atoms with Gasteiger partial charge in [0.2, 0.25) is 0 Å². The highest BCUT2D eigenvalue weighted by Gasteiger charge is 2.23. The number of benzene rings is 1. The lowest BCUT2D eigenvalue weighted by atomic mass is 9.92. The quantitative estimate of drug-likeness (QED) is 0.892. The Morgan fingerprint density at radius 1 is 1.42 bits per heavy atom. The highest BCUT2D eigenvalue weighted by atomic mass is 19.1. The summed E-state index contributed by atoms with van der Waals surface area (Å²) >= 11 is 0. The van der Waals surface area contributed by atoms with Gasteiger partial charge in [0, 0.05) is 42.7 Å². The number of hydrogen-bond acceptors (Lipinski definition) is 3. The number of fused-ring (bicyclic) bond motifs is 1. The molecule has 4 nitrogen and oxygen atoms in total. The molecule has 0 unspecified atom stereocenters. The molecule has 19 heavy (non-hydrogen) atoms. The molecule has 1 fully saturated rings. The molecule has 1 aliphatic heterocycles. The first kappa shape index (κ1) is 12.6. The molecule has 2 heterocycles. The van der Waals surface area contributed by atoms with E-state index in [2.05, 4.69) is 27.6 Å². The second-order valence-electron chi connectivity index (χ2n) is 5.07. The normalized spacial score (nSPS) is 18.2. The molecule has 0 bridgehead atoms. The van der Waals surface area contributed by atoms with E-state index in [9.17, 15) is 4.39 Å². The van der Waals surface area contributed by atoms with Crippen molar-refractivity contribution in [2.75, 3.05) is 19.6 Å². The van der Waals surface area contributed by atoms with Crippen LogP contribution in [0.25, 0.3) is 10.9 Å². The van der Waals surface area contributed by atoms with Crippen molar-refractivity contribution in [3.8, 4) is 0 Å². The Kier molecular flexibility index (Phi) is 3.48. The topological polar surface area (TPSA) is 44.0 Å². The molecule has 2 aromatic rings. The van der Waals surface area contributed by atoms with E-state index in [0.29, 0.717) is 5.92 Å². The Morgan fingerprint density at radius 2 is 2.21 bits per heavy atom. The molecule has 0 amide bonds. The lowest BCUT2D eigenvalue weighted by Crippen LogP contribution is -2.43. The highest BCUT2D eigenvalue weighted by Crippen LogP contribution is 2.31. The van der Waals surface area contributed by atoms with Crippen molar-refractivity contribution in [2.45, 2.75) is 25.7 Å². The van der Waals surface area contributed by atoms with E-state index in [0.717, 1.165) is 49.1 Å². The number of aromatic amines is 1. The summed E-state index contributed by atoms with van der Waals surface area (Å²) in [5.74, 6) is 0.262. The van der Waals surface area contributed by atoms with Gasteiger partial charge in [-0.1, -0.05) is 6.92 Å². The van der Waals surface area contributed by atoms with Crippen LogP contribution >= 0.6 is 0 Å². The molecule has 0 aliphatic carbocycles. The van der Waals surface area contributed by atoms with Gasteiger partial charge in [-0.2, -0.15) is 5.10 Å². The van der Waals surface area contributed by atoms with Gasteiger partial charge in [-0.05, 0) is 25.0 Å². The smallest absolute Gasteiger partial charge is 0.125 e. The van der Waals surface area contributed by atoms with Crippen LogP contribution in [0.3, 0.4) is 0 Å². The van der Waals surface area contributed by atoms with Gasteiger partial charge in [0.25, 0.3) is 0 Å². The Balaban J connectivity index is 1.78. The average Bonchev–Trinajstić information content (AvgIpc) is 2.83. The second-order valence-corrected chi connectivity index (χ2v) is 5.07. The number of rotatable bonds is 3. The van der Waals surface area contributed by atoms with Crippen molar-refractivity contribution >= 4 is 10.9 Å². The van der Waals surface area contributed by atoms with Gasteiger partial charge in [0.05, 0.1) is 5.52 Å². The third-order valence-corrected chi connectivity index (χ3v) is 3.83. The third kappa shape index (κ3) is 2.48. The number of nitrogens with one attached hydrogen (secondary N) is 2. The summed E-state index contributed by atoms with van der Waals surface area (Å²) in [6.07, 6.45) is 2.20. The van der Waals surface area contributed by atoms with Crippen LogP contribution in [-0.2, 0) is 0 Å². The lowest BCUT2D eigenvalue weighted by Gasteiger charge is -2.31. The standard InChI is InChI=1S/C14H19FN4/c1-2-16-19-7-5-10(6-8-19)14-12-4-3-11(15)9-13(12)17-18-14/h3-4,9-10,16H,2,5-8H2,1H3,(H,17,18). The molecular formula is C14H19FN4. The first-order valence-corrected chi connectivity index (χ1v) is 6.90. The van der Waals surface area contributed by atoms with E-state index in [1.807, 2.05) is 6.07 Å². The van der Waals surface area contributed by atoms with Crippen molar-refractivity contribution in [3.63, 3.8) is 0 Å². The van der Waals surface area contributed by atoms with Crippen molar-refractivity contribution < 1.29 is 4.39 Å². The fourth-order valence-electron chi connectivity index (χ4n) is 2.87. The van der Waals surface area contributed by atoms with Gasteiger partial charge in [0.1, 0.15) is 5.82 Å².